The number of nitrogens with one attached hydrogen (secondary N) is 1. The van der Waals surface area contributed by atoms with Crippen LogP contribution in [0.3, 0.4) is 0 Å². The number of carbonyl (C=O) groups excluding carboxylic acids is 1. The molecule has 0 aliphatic carbocycles. The van der Waals surface area contributed by atoms with Crippen LogP contribution in [0.1, 0.15) is 36.1 Å². The third kappa shape index (κ3) is 3.30. The van der Waals surface area contributed by atoms with E-state index in [9.17, 15) is 9.18 Å². The van der Waals surface area contributed by atoms with Gasteiger partial charge in [-0.15, -0.1) is 0 Å². The van der Waals surface area contributed by atoms with E-state index in [-0.39, 0.29) is 22.5 Å². The number of rotatable bonds is 3. The lowest BCUT2D eigenvalue weighted by molar-refractivity contribution is 0.102. The molecule has 0 spiro atoms. The van der Waals surface area contributed by atoms with E-state index in [4.69, 9.17) is 11.6 Å². The van der Waals surface area contributed by atoms with Gasteiger partial charge in [0.15, 0.2) is 5.69 Å². The molecule has 20 heavy (non-hydrogen) atoms. The van der Waals surface area contributed by atoms with Gasteiger partial charge in [-0.2, -0.15) is 0 Å². The molecule has 0 aliphatic rings. The minimum atomic E-state index is -0.453. The Balaban J connectivity index is 2.24. The zero-order valence-electron chi connectivity index (χ0n) is 11.0. The van der Waals surface area contributed by atoms with Crippen molar-refractivity contribution in [2.75, 3.05) is 5.32 Å². The molecule has 0 saturated heterocycles. The molecule has 0 bridgehead atoms. The molecule has 104 valence electrons. The Morgan fingerprint density at radius 2 is 1.95 bits per heavy atom. The predicted octanol–water partition coefficient (Wildman–Crippen LogP) is 3.64. The van der Waals surface area contributed by atoms with Crippen LogP contribution < -0.4 is 5.32 Å². The van der Waals surface area contributed by atoms with Gasteiger partial charge in [0.05, 0.1) is 11.2 Å². The second-order valence-corrected chi connectivity index (χ2v) is 4.95. The number of benzene rings is 1. The van der Waals surface area contributed by atoms with Crippen LogP contribution in [0, 0.1) is 5.82 Å². The molecule has 4 nitrogen and oxygen atoms in total. The molecule has 0 aliphatic heterocycles. The van der Waals surface area contributed by atoms with E-state index in [0.29, 0.717) is 11.5 Å². The Morgan fingerprint density at radius 1 is 1.30 bits per heavy atom. The van der Waals surface area contributed by atoms with E-state index in [0.717, 1.165) is 0 Å². The Kier molecular flexibility index (Phi) is 4.29. The molecule has 2 aromatic rings. The summed E-state index contributed by atoms with van der Waals surface area (Å²) < 4.78 is 12.8. The molecule has 1 amide bonds. The summed E-state index contributed by atoms with van der Waals surface area (Å²) in [6.07, 6.45) is 1.41. The number of aromatic nitrogens is 2. The summed E-state index contributed by atoms with van der Waals surface area (Å²) in [4.78, 5) is 20.3. The highest BCUT2D eigenvalue weighted by atomic mass is 35.5. The lowest BCUT2D eigenvalue weighted by atomic mass is 10.2. The maximum absolute atomic E-state index is 12.8. The van der Waals surface area contributed by atoms with Crippen molar-refractivity contribution in [1.29, 1.82) is 0 Å². The van der Waals surface area contributed by atoms with Gasteiger partial charge in [-0.05, 0) is 24.3 Å². The molecule has 1 heterocycles. The first-order valence-corrected chi connectivity index (χ1v) is 6.44. The molecular weight excluding hydrogens is 281 g/mol. The van der Waals surface area contributed by atoms with Gasteiger partial charge in [-0.1, -0.05) is 25.4 Å². The smallest absolute Gasteiger partial charge is 0.275 e. The molecule has 0 unspecified atom stereocenters. The quantitative estimate of drug-likeness (QED) is 0.940. The molecular formula is C14H13ClFN3O. The highest BCUT2D eigenvalue weighted by molar-refractivity contribution is 6.33. The number of nitrogens with zero attached hydrogens (tertiary/aromatic N) is 2. The van der Waals surface area contributed by atoms with Crippen molar-refractivity contribution in [2.45, 2.75) is 19.8 Å². The van der Waals surface area contributed by atoms with Crippen molar-refractivity contribution in [1.82, 2.24) is 9.97 Å². The van der Waals surface area contributed by atoms with Crippen LogP contribution in [-0.4, -0.2) is 15.9 Å². The van der Waals surface area contributed by atoms with Gasteiger partial charge in [-0.25, -0.2) is 14.4 Å². The van der Waals surface area contributed by atoms with Crippen LogP contribution in [0.15, 0.2) is 30.5 Å². The van der Waals surface area contributed by atoms with Gasteiger partial charge >= 0.3 is 0 Å². The van der Waals surface area contributed by atoms with Gasteiger partial charge in [0.25, 0.3) is 5.91 Å². The van der Waals surface area contributed by atoms with Crippen molar-refractivity contribution in [3.8, 4) is 0 Å². The van der Waals surface area contributed by atoms with Crippen molar-refractivity contribution >= 4 is 23.2 Å². The van der Waals surface area contributed by atoms with Gasteiger partial charge in [0.1, 0.15) is 11.6 Å². The summed E-state index contributed by atoms with van der Waals surface area (Å²) in [7, 11) is 0. The topological polar surface area (TPSA) is 54.9 Å². The summed E-state index contributed by atoms with van der Waals surface area (Å²) in [5.74, 6) is -0.195. The Bertz CT molecular complexity index is 629. The summed E-state index contributed by atoms with van der Waals surface area (Å²) in [5.41, 5.74) is 0.576. The van der Waals surface area contributed by atoms with Gasteiger partial charge in [0.2, 0.25) is 0 Å². The minimum absolute atomic E-state index is 0.0876. The first-order chi connectivity index (χ1) is 9.47. The standard InChI is InChI=1S/C14H13ClFN3O/c1-8(2)13-17-7-11(15)12(19-13)14(20)18-10-5-3-9(16)4-6-10/h3-8H,1-2H3,(H,18,20). The van der Waals surface area contributed by atoms with Crippen LogP contribution in [0.2, 0.25) is 5.02 Å². The molecule has 0 fully saturated rings. The van der Waals surface area contributed by atoms with E-state index >= 15 is 0 Å². The number of anilines is 1. The molecule has 1 aromatic carbocycles. The average Bonchev–Trinajstić information content (AvgIpc) is 2.41. The predicted molar refractivity (Wildman–Crippen MR) is 75.5 cm³/mol. The summed E-state index contributed by atoms with van der Waals surface area (Å²) in [6.45, 7) is 3.84. The van der Waals surface area contributed by atoms with E-state index in [1.165, 1.54) is 30.5 Å². The SMILES string of the molecule is CC(C)c1ncc(Cl)c(C(=O)Nc2ccc(F)cc2)n1. The molecule has 6 heteroatoms. The average molecular weight is 294 g/mol. The van der Waals surface area contributed by atoms with Crippen molar-refractivity contribution in [3.05, 3.63) is 52.8 Å². The van der Waals surface area contributed by atoms with E-state index in [2.05, 4.69) is 15.3 Å². The number of hydrogen-bond acceptors (Lipinski definition) is 3. The lowest BCUT2D eigenvalue weighted by Gasteiger charge is -2.09. The van der Waals surface area contributed by atoms with Crippen molar-refractivity contribution in [2.24, 2.45) is 0 Å². The van der Waals surface area contributed by atoms with Crippen LogP contribution in [-0.2, 0) is 0 Å². The van der Waals surface area contributed by atoms with Crippen LogP contribution in [0.5, 0.6) is 0 Å². The van der Waals surface area contributed by atoms with Crippen LogP contribution in [0.25, 0.3) is 0 Å². The first kappa shape index (κ1) is 14.4. The van der Waals surface area contributed by atoms with Crippen molar-refractivity contribution < 1.29 is 9.18 Å². The Labute approximate surface area is 121 Å². The van der Waals surface area contributed by atoms with Crippen LogP contribution >= 0.6 is 11.6 Å². The normalized spacial score (nSPS) is 10.7. The number of hydrogen-bond donors (Lipinski definition) is 1. The highest BCUT2D eigenvalue weighted by Gasteiger charge is 2.15. The maximum atomic E-state index is 12.8. The summed E-state index contributed by atoms with van der Waals surface area (Å²) >= 11 is 5.94. The van der Waals surface area contributed by atoms with Gasteiger partial charge in [-0.3, -0.25) is 4.79 Å². The monoisotopic (exact) mass is 293 g/mol. The van der Waals surface area contributed by atoms with Gasteiger partial charge in [0, 0.05) is 11.6 Å². The number of halogens is 2. The second kappa shape index (κ2) is 5.96. The molecule has 0 atom stereocenters. The van der Waals surface area contributed by atoms with Crippen molar-refractivity contribution in [3.63, 3.8) is 0 Å². The molecule has 1 N–H and O–H groups in total. The summed E-state index contributed by atoms with van der Waals surface area (Å²) in [5, 5.41) is 2.79. The molecule has 2 rings (SSSR count). The minimum Gasteiger partial charge on any atom is -0.321 e. The second-order valence-electron chi connectivity index (χ2n) is 4.54. The Hall–Kier alpha value is -2.01. The maximum Gasteiger partial charge on any atom is 0.275 e. The van der Waals surface area contributed by atoms with E-state index < -0.39 is 5.91 Å². The lowest BCUT2D eigenvalue weighted by Crippen LogP contribution is -2.16. The molecule has 1 aromatic heterocycles. The summed E-state index contributed by atoms with van der Waals surface area (Å²) in [6, 6.07) is 5.45. The molecule has 0 radical (unpaired) electrons. The van der Waals surface area contributed by atoms with Crippen LogP contribution in [0.4, 0.5) is 10.1 Å². The zero-order chi connectivity index (χ0) is 14.7. The van der Waals surface area contributed by atoms with Gasteiger partial charge < -0.3 is 5.32 Å². The van der Waals surface area contributed by atoms with E-state index in [1.54, 1.807) is 0 Å². The fourth-order valence-electron chi connectivity index (χ4n) is 1.54. The van der Waals surface area contributed by atoms with E-state index in [1.807, 2.05) is 13.8 Å². The Morgan fingerprint density at radius 3 is 2.55 bits per heavy atom. The first-order valence-electron chi connectivity index (χ1n) is 6.06. The highest BCUT2D eigenvalue weighted by Crippen LogP contribution is 2.18. The fraction of sp³-hybridized carbons (Fsp3) is 0.214. The fourth-order valence-corrected chi connectivity index (χ4v) is 1.72. The largest absolute Gasteiger partial charge is 0.321 e. The number of amides is 1. The third-order valence-corrected chi connectivity index (χ3v) is 2.87. The zero-order valence-corrected chi connectivity index (χ0v) is 11.8. The number of carbonyl (C=O) groups is 1. The third-order valence-electron chi connectivity index (χ3n) is 2.60. The molecule has 0 saturated carbocycles.